The van der Waals surface area contributed by atoms with E-state index in [9.17, 15) is 9.50 Å². The second-order valence-corrected chi connectivity index (χ2v) is 5.15. The minimum absolute atomic E-state index is 0.308. The first-order valence-electron chi connectivity index (χ1n) is 5.45. The van der Waals surface area contributed by atoms with E-state index in [1.807, 2.05) is 6.07 Å². The fraction of sp³-hybridized carbons (Fsp3) is 0.143. The van der Waals surface area contributed by atoms with Gasteiger partial charge in [-0.25, -0.2) is 4.39 Å². The lowest BCUT2D eigenvalue weighted by molar-refractivity contribution is 0.178. The van der Waals surface area contributed by atoms with Crippen LogP contribution in [0.15, 0.2) is 46.9 Å². The Morgan fingerprint density at radius 3 is 2.61 bits per heavy atom. The van der Waals surface area contributed by atoms with Crippen LogP contribution in [0.3, 0.4) is 0 Å². The molecule has 2 rings (SSSR count). The highest BCUT2D eigenvalue weighted by atomic mass is 79.9. The highest BCUT2D eigenvalue weighted by Gasteiger charge is 2.14. The molecule has 0 heterocycles. The van der Waals surface area contributed by atoms with Gasteiger partial charge in [0, 0.05) is 11.4 Å². The Morgan fingerprint density at radius 1 is 1.17 bits per heavy atom. The van der Waals surface area contributed by atoms with E-state index in [1.54, 1.807) is 30.3 Å². The molecule has 4 heteroatoms. The van der Waals surface area contributed by atoms with Gasteiger partial charge in [0.1, 0.15) is 5.82 Å². The van der Waals surface area contributed by atoms with Gasteiger partial charge in [-0.05, 0) is 39.2 Å². The van der Waals surface area contributed by atoms with Gasteiger partial charge in [0.25, 0.3) is 0 Å². The number of aliphatic hydroxyl groups excluding tert-OH is 1. The topological polar surface area (TPSA) is 20.2 Å². The molecule has 0 saturated heterocycles. The van der Waals surface area contributed by atoms with E-state index < -0.39 is 6.10 Å². The largest absolute Gasteiger partial charge is 0.388 e. The van der Waals surface area contributed by atoms with Crippen molar-refractivity contribution in [2.45, 2.75) is 12.5 Å². The van der Waals surface area contributed by atoms with E-state index in [0.29, 0.717) is 27.0 Å². The molecule has 2 aromatic rings. The number of hydrogen-bond acceptors (Lipinski definition) is 1. The summed E-state index contributed by atoms with van der Waals surface area (Å²) in [4.78, 5) is 0. The first kappa shape index (κ1) is 13.5. The maximum absolute atomic E-state index is 13.4. The van der Waals surface area contributed by atoms with Crippen molar-refractivity contribution in [3.8, 4) is 0 Å². The number of benzene rings is 2. The van der Waals surface area contributed by atoms with Gasteiger partial charge >= 0.3 is 0 Å². The third-order valence-electron chi connectivity index (χ3n) is 2.71. The Kier molecular flexibility index (Phi) is 4.38. The Labute approximate surface area is 118 Å². The van der Waals surface area contributed by atoms with E-state index in [0.717, 1.165) is 0 Å². The molecule has 0 saturated carbocycles. The normalized spacial score (nSPS) is 12.4. The molecule has 0 fully saturated rings. The first-order valence-corrected chi connectivity index (χ1v) is 6.62. The number of aliphatic hydroxyl groups is 1. The van der Waals surface area contributed by atoms with Crippen molar-refractivity contribution < 1.29 is 9.50 Å². The van der Waals surface area contributed by atoms with E-state index in [2.05, 4.69) is 15.9 Å². The number of hydrogen-bond donors (Lipinski definition) is 1. The minimum Gasteiger partial charge on any atom is -0.388 e. The van der Waals surface area contributed by atoms with Gasteiger partial charge in [0.05, 0.1) is 10.6 Å². The quantitative estimate of drug-likeness (QED) is 0.878. The van der Waals surface area contributed by atoms with Crippen molar-refractivity contribution in [2.75, 3.05) is 0 Å². The lowest BCUT2D eigenvalue weighted by atomic mass is 10.0. The van der Waals surface area contributed by atoms with Gasteiger partial charge in [-0.1, -0.05) is 41.9 Å². The third-order valence-corrected chi connectivity index (χ3v) is 3.94. The summed E-state index contributed by atoms with van der Waals surface area (Å²) in [6, 6.07) is 11.9. The van der Waals surface area contributed by atoms with Gasteiger partial charge in [0.15, 0.2) is 0 Å². The lowest BCUT2D eigenvalue weighted by Crippen LogP contribution is -2.03. The summed E-state index contributed by atoms with van der Waals surface area (Å²) in [7, 11) is 0. The first-order chi connectivity index (χ1) is 8.59. The highest BCUT2D eigenvalue weighted by molar-refractivity contribution is 9.10. The third kappa shape index (κ3) is 2.91. The van der Waals surface area contributed by atoms with Gasteiger partial charge < -0.3 is 5.11 Å². The van der Waals surface area contributed by atoms with Gasteiger partial charge in [-0.3, -0.25) is 0 Å². The fourth-order valence-corrected chi connectivity index (χ4v) is 2.46. The second kappa shape index (κ2) is 5.83. The molecule has 0 bridgehead atoms. The number of rotatable bonds is 3. The monoisotopic (exact) mass is 328 g/mol. The highest BCUT2D eigenvalue weighted by Crippen LogP contribution is 2.29. The van der Waals surface area contributed by atoms with Gasteiger partial charge in [0.2, 0.25) is 0 Å². The average molecular weight is 330 g/mol. The Balaban J connectivity index is 2.24. The van der Waals surface area contributed by atoms with Gasteiger partial charge in [-0.15, -0.1) is 0 Å². The lowest BCUT2D eigenvalue weighted by Gasteiger charge is -2.14. The van der Waals surface area contributed by atoms with Crippen LogP contribution in [0.4, 0.5) is 4.39 Å². The second-order valence-electron chi connectivity index (χ2n) is 3.95. The molecule has 0 spiro atoms. The van der Waals surface area contributed by atoms with Gasteiger partial charge in [-0.2, -0.15) is 0 Å². The Bertz CT molecular complexity index is 559. The molecule has 2 aromatic carbocycles. The Morgan fingerprint density at radius 2 is 1.89 bits per heavy atom. The SMILES string of the molecule is OC(Cc1cccc(F)c1Br)c1ccccc1Cl. The summed E-state index contributed by atoms with van der Waals surface area (Å²) < 4.78 is 13.7. The molecule has 1 unspecified atom stereocenters. The molecule has 0 aliphatic rings. The standard InChI is InChI=1S/C14H11BrClFO/c15-14-9(4-3-7-12(14)17)8-13(18)10-5-1-2-6-11(10)16/h1-7,13,18H,8H2. The summed E-state index contributed by atoms with van der Waals surface area (Å²) in [6.45, 7) is 0. The van der Waals surface area contributed by atoms with Crippen LogP contribution < -0.4 is 0 Å². The maximum Gasteiger partial charge on any atom is 0.137 e. The van der Waals surface area contributed by atoms with Crippen molar-refractivity contribution in [1.29, 1.82) is 0 Å². The van der Waals surface area contributed by atoms with E-state index in [1.165, 1.54) is 6.07 Å². The zero-order valence-corrected chi connectivity index (χ0v) is 11.7. The van der Waals surface area contributed by atoms with Crippen LogP contribution in [-0.2, 0) is 6.42 Å². The van der Waals surface area contributed by atoms with Crippen molar-refractivity contribution >= 4 is 27.5 Å². The molecule has 94 valence electrons. The Hall–Kier alpha value is -0.900. The average Bonchev–Trinajstić information content (AvgIpc) is 2.35. The van der Waals surface area contributed by atoms with E-state index >= 15 is 0 Å². The van der Waals surface area contributed by atoms with Crippen LogP contribution in [0.25, 0.3) is 0 Å². The molecule has 1 atom stereocenters. The molecule has 1 nitrogen and oxygen atoms in total. The van der Waals surface area contributed by atoms with Crippen LogP contribution in [0.5, 0.6) is 0 Å². The van der Waals surface area contributed by atoms with Crippen LogP contribution >= 0.6 is 27.5 Å². The summed E-state index contributed by atoms with van der Waals surface area (Å²) >= 11 is 9.19. The van der Waals surface area contributed by atoms with E-state index in [-0.39, 0.29) is 5.82 Å². The zero-order valence-electron chi connectivity index (χ0n) is 9.41. The molecule has 0 aliphatic heterocycles. The summed E-state index contributed by atoms with van der Waals surface area (Å²) in [5.41, 5.74) is 1.36. The molecule has 18 heavy (non-hydrogen) atoms. The predicted molar refractivity (Wildman–Crippen MR) is 74.2 cm³/mol. The molecular formula is C14H11BrClFO. The minimum atomic E-state index is -0.753. The summed E-state index contributed by atoms with van der Waals surface area (Å²) in [6.07, 6.45) is -0.445. The van der Waals surface area contributed by atoms with Crippen molar-refractivity contribution in [3.63, 3.8) is 0 Å². The molecule has 0 aromatic heterocycles. The molecular weight excluding hydrogens is 319 g/mol. The van der Waals surface area contributed by atoms with Crippen molar-refractivity contribution in [3.05, 3.63) is 68.9 Å². The van der Waals surface area contributed by atoms with E-state index in [4.69, 9.17) is 11.6 Å². The summed E-state index contributed by atoms with van der Waals surface area (Å²) in [5, 5.41) is 10.7. The molecule has 0 amide bonds. The van der Waals surface area contributed by atoms with Crippen LogP contribution in [0.1, 0.15) is 17.2 Å². The summed E-state index contributed by atoms with van der Waals surface area (Å²) in [5.74, 6) is -0.334. The molecule has 0 radical (unpaired) electrons. The van der Waals surface area contributed by atoms with Crippen LogP contribution in [-0.4, -0.2) is 5.11 Å². The molecule has 1 N–H and O–H groups in total. The maximum atomic E-state index is 13.4. The van der Waals surface area contributed by atoms with Crippen LogP contribution in [0, 0.1) is 5.82 Å². The molecule has 0 aliphatic carbocycles. The van der Waals surface area contributed by atoms with Crippen LogP contribution in [0.2, 0.25) is 5.02 Å². The number of halogens is 3. The fourth-order valence-electron chi connectivity index (χ4n) is 1.77. The van der Waals surface area contributed by atoms with Crippen molar-refractivity contribution in [2.24, 2.45) is 0 Å². The van der Waals surface area contributed by atoms with Crippen molar-refractivity contribution in [1.82, 2.24) is 0 Å². The predicted octanol–water partition coefficient (Wildman–Crippen LogP) is 4.52. The zero-order chi connectivity index (χ0) is 13.1. The smallest absolute Gasteiger partial charge is 0.137 e.